The smallest absolute Gasteiger partial charge is 0.137 e. The number of ether oxygens (including phenoxy) is 1. The highest BCUT2D eigenvalue weighted by Crippen LogP contribution is 2.37. The largest absolute Gasteiger partial charge is 0.495 e. The van der Waals surface area contributed by atoms with Crippen LogP contribution in [0.15, 0.2) is 36.4 Å². The fourth-order valence-electron chi connectivity index (χ4n) is 2.70. The van der Waals surface area contributed by atoms with Crippen LogP contribution in [0.3, 0.4) is 0 Å². The molecular weight excluding hydrogens is 293 g/mol. The molecule has 1 aliphatic rings. The lowest BCUT2D eigenvalue weighted by molar-refractivity contribution is 0.413. The van der Waals surface area contributed by atoms with E-state index >= 15 is 0 Å². The quantitative estimate of drug-likeness (QED) is 0.896. The van der Waals surface area contributed by atoms with Crippen molar-refractivity contribution in [3.8, 4) is 5.75 Å². The number of methoxy groups -OCH3 is 1. The second kappa shape index (κ2) is 5.65. The molecule has 4 heteroatoms. The van der Waals surface area contributed by atoms with Crippen LogP contribution in [-0.4, -0.2) is 13.7 Å². The van der Waals surface area contributed by atoms with Gasteiger partial charge in [-0.05, 0) is 41.3 Å². The summed E-state index contributed by atoms with van der Waals surface area (Å²) in [5.41, 5.74) is 3.52. The summed E-state index contributed by atoms with van der Waals surface area (Å²) in [5, 5.41) is 4.95. The Morgan fingerprint density at radius 1 is 1.10 bits per heavy atom. The summed E-state index contributed by atoms with van der Waals surface area (Å²) in [4.78, 5) is 0. The number of hydrogen-bond acceptors (Lipinski definition) is 2. The lowest BCUT2D eigenvalue weighted by atomic mass is 9.89. The lowest BCUT2D eigenvalue weighted by Gasteiger charge is -2.28. The van der Waals surface area contributed by atoms with Gasteiger partial charge in [-0.1, -0.05) is 41.4 Å². The highest BCUT2D eigenvalue weighted by atomic mass is 35.5. The van der Waals surface area contributed by atoms with Crippen LogP contribution in [0, 0.1) is 0 Å². The average Bonchev–Trinajstić information content (AvgIpc) is 2.46. The summed E-state index contributed by atoms with van der Waals surface area (Å²) in [6.07, 6.45) is 0.958. The van der Waals surface area contributed by atoms with Crippen LogP contribution < -0.4 is 10.1 Å². The van der Waals surface area contributed by atoms with Crippen molar-refractivity contribution in [2.45, 2.75) is 12.5 Å². The fraction of sp³-hybridized carbons (Fsp3) is 0.250. The van der Waals surface area contributed by atoms with Crippen molar-refractivity contribution in [1.29, 1.82) is 0 Å². The molecule has 20 heavy (non-hydrogen) atoms. The van der Waals surface area contributed by atoms with Crippen molar-refractivity contribution in [2.24, 2.45) is 0 Å². The van der Waals surface area contributed by atoms with Crippen molar-refractivity contribution in [2.75, 3.05) is 13.7 Å². The van der Waals surface area contributed by atoms with Crippen molar-refractivity contribution >= 4 is 23.2 Å². The summed E-state index contributed by atoms with van der Waals surface area (Å²) in [6.45, 7) is 0.908. The minimum atomic E-state index is 0.0821. The van der Waals surface area contributed by atoms with Gasteiger partial charge in [0.1, 0.15) is 5.75 Å². The molecule has 1 unspecified atom stereocenters. The van der Waals surface area contributed by atoms with Crippen molar-refractivity contribution < 1.29 is 4.74 Å². The summed E-state index contributed by atoms with van der Waals surface area (Å²) in [6, 6.07) is 12.0. The molecule has 1 N–H and O–H groups in total. The third kappa shape index (κ3) is 2.39. The van der Waals surface area contributed by atoms with Crippen LogP contribution in [0.2, 0.25) is 10.0 Å². The summed E-state index contributed by atoms with van der Waals surface area (Å²) >= 11 is 12.5. The zero-order valence-corrected chi connectivity index (χ0v) is 12.6. The lowest BCUT2D eigenvalue weighted by Crippen LogP contribution is -2.30. The highest BCUT2D eigenvalue weighted by molar-refractivity contribution is 6.32. The van der Waals surface area contributed by atoms with Gasteiger partial charge in [0.15, 0.2) is 0 Å². The molecule has 2 nitrogen and oxygen atoms in total. The van der Waals surface area contributed by atoms with Crippen LogP contribution in [0.5, 0.6) is 5.75 Å². The van der Waals surface area contributed by atoms with E-state index in [0.29, 0.717) is 10.8 Å². The molecule has 3 rings (SSSR count). The molecule has 2 aromatic carbocycles. The Labute approximate surface area is 128 Å². The van der Waals surface area contributed by atoms with Gasteiger partial charge < -0.3 is 10.1 Å². The predicted octanol–water partition coefficient (Wildman–Crippen LogP) is 4.24. The first kappa shape index (κ1) is 13.7. The number of hydrogen-bond donors (Lipinski definition) is 1. The molecular formula is C16H15Cl2NO. The first-order valence-electron chi connectivity index (χ1n) is 6.55. The molecule has 104 valence electrons. The maximum Gasteiger partial charge on any atom is 0.137 e. The van der Waals surface area contributed by atoms with E-state index in [2.05, 4.69) is 11.4 Å². The van der Waals surface area contributed by atoms with E-state index in [0.717, 1.165) is 23.6 Å². The maximum absolute atomic E-state index is 6.33. The van der Waals surface area contributed by atoms with E-state index in [4.69, 9.17) is 27.9 Å². The van der Waals surface area contributed by atoms with Gasteiger partial charge in [0.2, 0.25) is 0 Å². The minimum absolute atomic E-state index is 0.0821. The van der Waals surface area contributed by atoms with Gasteiger partial charge in [0, 0.05) is 11.6 Å². The number of rotatable bonds is 2. The molecule has 0 aromatic heterocycles. The number of benzene rings is 2. The van der Waals surface area contributed by atoms with E-state index in [1.807, 2.05) is 30.3 Å². The molecule has 2 aromatic rings. The number of fused-ring (bicyclic) bond motifs is 1. The summed E-state index contributed by atoms with van der Waals surface area (Å²) in [5.74, 6) is 0.700. The second-order valence-electron chi connectivity index (χ2n) is 4.84. The fourth-order valence-corrected chi connectivity index (χ4v) is 3.21. The SMILES string of the molecule is COc1cc2c(cc1Cl)CCNC2c1ccccc1Cl. The molecule has 0 fully saturated rings. The molecule has 0 bridgehead atoms. The zero-order valence-electron chi connectivity index (χ0n) is 11.1. The Kier molecular flexibility index (Phi) is 3.88. The predicted molar refractivity (Wildman–Crippen MR) is 83.0 cm³/mol. The molecule has 0 saturated carbocycles. The van der Waals surface area contributed by atoms with Crippen LogP contribution in [0.4, 0.5) is 0 Å². The van der Waals surface area contributed by atoms with Gasteiger partial charge in [0.25, 0.3) is 0 Å². The molecule has 0 spiro atoms. The number of halogens is 2. The zero-order chi connectivity index (χ0) is 14.1. The van der Waals surface area contributed by atoms with Gasteiger partial charge in [-0.2, -0.15) is 0 Å². The minimum Gasteiger partial charge on any atom is -0.495 e. The standard InChI is InChI=1S/C16H15Cl2NO/c1-20-15-9-12-10(8-14(15)18)6-7-19-16(12)11-4-2-3-5-13(11)17/h2-5,8-9,16,19H,6-7H2,1H3. The molecule has 0 amide bonds. The Morgan fingerprint density at radius 2 is 1.90 bits per heavy atom. The van der Waals surface area contributed by atoms with E-state index in [9.17, 15) is 0 Å². The van der Waals surface area contributed by atoms with Crippen molar-refractivity contribution in [3.63, 3.8) is 0 Å². The topological polar surface area (TPSA) is 21.3 Å². The molecule has 1 heterocycles. The number of nitrogens with one attached hydrogen (secondary N) is 1. The summed E-state index contributed by atoms with van der Waals surface area (Å²) < 4.78 is 5.33. The van der Waals surface area contributed by atoms with E-state index in [-0.39, 0.29) is 6.04 Å². The highest BCUT2D eigenvalue weighted by Gasteiger charge is 2.24. The first-order valence-corrected chi connectivity index (χ1v) is 7.30. The second-order valence-corrected chi connectivity index (χ2v) is 5.66. The van der Waals surface area contributed by atoms with Crippen molar-refractivity contribution in [3.05, 3.63) is 63.1 Å². The van der Waals surface area contributed by atoms with Gasteiger partial charge in [-0.3, -0.25) is 0 Å². The van der Waals surface area contributed by atoms with E-state index in [1.165, 1.54) is 11.1 Å². The Hall–Kier alpha value is -1.22. The van der Waals surface area contributed by atoms with Gasteiger partial charge in [-0.15, -0.1) is 0 Å². The molecule has 0 aliphatic carbocycles. The third-order valence-corrected chi connectivity index (χ3v) is 4.32. The normalized spacial score (nSPS) is 17.6. The third-order valence-electron chi connectivity index (χ3n) is 3.68. The molecule has 1 atom stereocenters. The van der Waals surface area contributed by atoms with E-state index < -0.39 is 0 Å². The van der Waals surface area contributed by atoms with Gasteiger partial charge in [0.05, 0.1) is 18.2 Å². The van der Waals surface area contributed by atoms with Crippen LogP contribution in [0.25, 0.3) is 0 Å². The van der Waals surface area contributed by atoms with Crippen LogP contribution >= 0.6 is 23.2 Å². The maximum atomic E-state index is 6.33. The molecule has 0 radical (unpaired) electrons. The molecule has 1 aliphatic heterocycles. The average molecular weight is 308 g/mol. The Morgan fingerprint density at radius 3 is 2.65 bits per heavy atom. The van der Waals surface area contributed by atoms with E-state index in [1.54, 1.807) is 7.11 Å². The monoisotopic (exact) mass is 307 g/mol. The van der Waals surface area contributed by atoms with Crippen LogP contribution in [-0.2, 0) is 6.42 Å². The van der Waals surface area contributed by atoms with Crippen molar-refractivity contribution in [1.82, 2.24) is 5.32 Å². The summed E-state index contributed by atoms with van der Waals surface area (Å²) in [7, 11) is 1.63. The first-order chi connectivity index (χ1) is 9.70. The Bertz CT molecular complexity index is 642. The van der Waals surface area contributed by atoms with Gasteiger partial charge in [-0.25, -0.2) is 0 Å². The van der Waals surface area contributed by atoms with Gasteiger partial charge >= 0.3 is 0 Å². The molecule has 0 saturated heterocycles. The Balaban J connectivity index is 2.12. The van der Waals surface area contributed by atoms with Crippen LogP contribution in [0.1, 0.15) is 22.7 Å².